The summed E-state index contributed by atoms with van der Waals surface area (Å²) in [4.78, 5) is 8.55. The fraction of sp³-hybridized carbons (Fsp3) is 0.444. The number of halogens is 2. The van der Waals surface area contributed by atoms with Crippen LogP contribution < -0.4 is 10.6 Å². The molecule has 0 saturated carbocycles. The molecule has 9 nitrogen and oxygen atoms in total. The number of dihydropyridines is 1. The number of aromatic nitrogens is 4. The number of hydrogen-bond acceptors (Lipinski definition) is 8. The number of allylic oxidation sites excluding steroid dienone is 1. The first-order chi connectivity index (χ1) is 18.1. The van der Waals surface area contributed by atoms with Crippen LogP contribution in [0.4, 0.5) is 15.8 Å². The molecule has 1 aromatic carbocycles. The maximum absolute atomic E-state index is 13.9. The lowest BCUT2D eigenvalue weighted by Gasteiger charge is -2.30. The first-order valence-corrected chi connectivity index (χ1v) is 12.9. The minimum Gasteiger partial charge on any atom is -0.396 e. The molecule has 2 unspecified atom stereocenters. The number of aliphatic hydroxyl groups is 1. The number of aliphatic imine (C=N–C) groups is 1. The molecule has 0 fully saturated rings. The van der Waals surface area contributed by atoms with Crippen molar-refractivity contribution in [3.63, 3.8) is 0 Å². The molecular formula is C27H32ClFN8O. The number of aryl methyl sites for hydroxylation is 1. The zero-order valence-electron chi connectivity index (χ0n) is 21.9. The second-order valence-electron chi connectivity index (χ2n) is 10.7. The van der Waals surface area contributed by atoms with Crippen molar-refractivity contribution >= 4 is 39.8 Å². The van der Waals surface area contributed by atoms with E-state index in [2.05, 4.69) is 57.8 Å². The number of fused-ring (bicyclic) bond motifs is 1. The summed E-state index contributed by atoms with van der Waals surface area (Å²) in [6.07, 6.45) is 7.04. The molecule has 3 atom stereocenters. The Morgan fingerprint density at radius 3 is 2.79 bits per heavy atom. The van der Waals surface area contributed by atoms with Crippen LogP contribution in [0.15, 0.2) is 41.7 Å². The van der Waals surface area contributed by atoms with Gasteiger partial charge in [0.2, 0.25) is 5.97 Å². The predicted molar refractivity (Wildman–Crippen MR) is 148 cm³/mol. The molecule has 0 amide bonds. The summed E-state index contributed by atoms with van der Waals surface area (Å²) in [5.74, 6) is -0.744. The van der Waals surface area contributed by atoms with Gasteiger partial charge >= 0.3 is 0 Å². The first-order valence-electron chi connectivity index (χ1n) is 12.5. The van der Waals surface area contributed by atoms with Crippen molar-refractivity contribution in [2.24, 2.45) is 16.3 Å². The van der Waals surface area contributed by atoms with Crippen LogP contribution in [0.1, 0.15) is 51.4 Å². The molecule has 0 aliphatic carbocycles. The number of nitrogens with zero attached hydrogens (tertiary/aromatic N) is 6. The number of aliphatic hydroxyl groups excluding tert-OH is 1. The summed E-state index contributed by atoms with van der Waals surface area (Å²) in [6.45, 7) is 9.39. The molecule has 200 valence electrons. The van der Waals surface area contributed by atoms with Gasteiger partial charge in [-0.1, -0.05) is 43.7 Å². The lowest BCUT2D eigenvalue weighted by atomic mass is 9.88. The van der Waals surface area contributed by atoms with Gasteiger partial charge in [0.25, 0.3) is 0 Å². The van der Waals surface area contributed by atoms with E-state index in [1.54, 1.807) is 16.8 Å². The highest BCUT2D eigenvalue weighted by atomic mass is 35.5. The van der Waals surface area contributed by atoms with Gasteiger partial charge in [-0.15, -0.1) is 5.10 Å². The van der Waals surface area contributed by atoms with Crippen molar-refractivity contribution in [1.82, 2.24) is 20.0 Å². The second kappa shape index (κ2) is 11.5. The van der Waals surface area contributed by atoms with Crippen LogP contribution in [0.5, 0.6) is 0 Å². The van der Waals surface area contributed by atoms with E-state index in [0.29, 0.717) is 58.1 Å². The minimum atomic E-state index is -0.516. The maximum atomic E-state index is 13.9. The highest BCUT2D eigenvalue weighted by molar-refractivity contribution is 6.35. The monoisotopic (exact) mass is 538 g/mol. The number of anilines is 2. The number of rotatable bonds is 9. The largest absolute Gasteiger partial charge is 0.396 e. The number of nitrogens with one attached hydrogen (secondary N) is 2. The fourth-order valence-corrected chi connectivity index (χ4v) is 4.65. The van der Waals surface area contributed by atoms with Crippen molar-refractivity contribution in [1.29, 1.82) is 5.26 Å². The topological polar surface area (TPSA) is 124 Å². The van der Waals surface area contributed by atoms with E-state index in [1.165, 1.54) is 12.3 Å². The van der Waals surface area contributed by atoms with Crippen LogP contribution in [0.2, 0.25) is 5.02 Å². The summed E-state index contributed by atoms with van der Waals surface area (Å²) in [7, 11) is 0. The zero-order valence-corrected chi connectivity index (χ0v) is 22.7. The summed E-state index contributed by atoms with van der Waals surface area (Å²) >= 11 is 6.69. The Hall–Kier alpha value is -3.55. The minimum absolute atomic E-state index is 0.0197. The van der Waals surface area contributed by atoms with Crippen molar-refractivity contribution in [3.05, 3.63) is 53.0 Å². The summed E-state index contributed by atoms with van der Waals surface area (Å²) < 4.78 is 15.5. The Bertz CT molecular complexity index is 1400. The van der Waals surface area contributed by atoms with Crippen LogP contribution in [0, 0.1) is 22.7 Å². The van der Waals surface area contributed by atoms with Crippen LogP contribution in [0.3, 0.4) is 0 Å². The molecule has 4 rings (SSSR count). The summed E-state index contributed by atoms with van der Waals surface area (Å²) in [5, 5.41) is 35.6. The number of hydrogen-bond donors (Lipinski definition) is 3. The Morgan fingerprint density at radius 2 is 2.11 bits per heavy atom. The highest BCUT2D eigenvalue weighted by Crippen LogP contribution is 2.37. The number of nitriles is 1. The third-order valence-corrected chi connectivity index (χ3v) is 6.60. The van der Waals surface area contributed by atoms with Gasteiger partial charge in [-0.3, -0.25) is 14.7 Å². The quantitative estimate of drug-likeness (QED) is 0.338. The van der Waals surface area contributed by atoms with Gasteiger partial charge in [0.05, 0.1) is 40.1 Å². The van der Waals surface area contributed by atoms with E-state index in [-0.39, 0.29) is 24.0 Å². The molecular weight excluding hydrogens is 507 g/mol. The SMILES string of the molecule is CC1N=C(F)C=CC1[C@H](Nc1cc(Cl)c2ncc(C#N)c(NCC(C)(C)C)c2c1)c1cn(CCCO)nn1. The Kier molecular flexibility index (Phi) is 8.29. The number of pyridine rings is 1. The van der Waals surface area contributed by atoms with Gasteiger partial charge in [0, 0.05) is 42.9 Å². The first kappa shape index (κ1) is 27.5. The van der Waals surface area contributed by atoms with E-state index in [1.807, 2.05) is 19.2 Å². The molecule has 1 aliphatic rings. The van der Waals surface area contributed by atoms with Crippen molar-refractivity contribution in [2.75, 3.05) is 23.8 Å². The molecule has 2 aromatic heterocycles. The van der Waals surface area contributed by atoms with E-state index in [9.17, 15) is 14.8 Å². The van der Waals surface area contributed by atoms with Gasteiger partial charge in [-0.25, -0.2) is 0 Å². The lowest BCUT2D eigenvalue weighted by molar-refractivity contribution is 0.276. The second-order valence-corrected chi connectivity index (χ2v) is 11.1. The molecule has 0 radical (unpaired) electrons. The molecule has 3 aromatic rings. The molecule has 3 N–H and O–H groups in total. The molecule has 0 saturated heterocycles. The van der Waals surface area contributed by atoms with Crippen LogP contribution in [0.25, 0.3) is 10.9 Å². The van der Waals surface area contributed by atoms with Crippen LogP contribution >= 0.6 is 11.6 Å². The Balaban J connectivity index is 1.76. The predicted octanol–water partition coefficient (Wildman–Crippen LogP) is 5.29. The van der Waals surface area contributed by atoms with E-state index < -0.39 is 12.0 Å². The average molecular weight is 539 g/mol. The third-order valence-electron chi connectivity index (χ3n) is 6.31. The van der Waals surface area contributed by atoms with Crippen molar-refractivity contribution < 1.29 is 9.50 Å². The van der Waals surface area contributed by atoms with Gasteiger partial charge < -0.3 is 15.7 Å². The van der Waals surface area contributed by atoms with Gasteiger partial charge in [-0.2, -0.15) is 9.65 Å². The van der Waals surface area contributed by atoms with E-state index >= 15 is 0 Å². The smallest absolute Gasteiger partial charge is 0.208 e. The summed E-state index contributed by atoms with van der Waals surface area (Å²) in [6, 6.07) is 5.15. The molecule has 11 heteroatoms. The van der Waals surface area contributed by atoms with Crippen molar-refractivity contribution in [3.8, 4) is 6.07 Å². The van der Waals surface area contributed by atoms with Gasteiger partial charge in [-0.05, 0) is 37.0 Å². The molecule has 3 heterocycles. The maximum Gasteiger partial charge on any atom is 0.208 e. The zero-order chi connectivity index (χ0) is 27.4. The fourth-order valence-electron chi connectivity index (χ4n) is 4.38. The van der Waals surface area contributed by atoms with Crippen LogP contribution in [-0.2, 0) is 6.54 Å². The average Bonchev–Trinajstić information content (AvgIpc) is 3.33. The van der Waals surface area contributed by atoms with E-state index in [4.69, 9.17) is 11.6 Å². The van der Waals surface area contributed by atoms with Gasteiger partial charge in [0.15, 0.2) is 0 Å². The normalized spacial score (nSPS) is 18.2. The molecule has 0 bridgehead atoms. The molecule has 38 heavy (non-hydrogen) atoms. The van der Waals surface area contributed by atoms with Crippen molar-refractivity contribution in [2.45, 2.75) is 52.7 Å². The standard InChI is InChI=1S/C27H32ClFN8O/c1-16-19(6-7-23(29)33-16)26(22-14-37(36-35-22)8-5-9-38)34-18-10-20-24(32-15-27(2,3)4)17(12-30)13-31-25(20)21(28)11-18/h6-7,10-11,13-14,16,19,26,34,38H,5,8-9,15H2,1-4H3,(H,31,32)/t16?,19?,26-/m0/s1. The summed E-state index contributed by atoms with van der Waals surface area (Å²) in [5.41, 5.74) is 2.98. The molecule has 1 aliphatic heterocycles. The molecule has 0 spiro atoms. The third kappa shape index (κ3) is 6.29. The van der Waals surface area contributed by atoms with Crippen LogP contribution in [-0.4, -0.2) is 50.2 Å². The Morgan fingerprint density at radius 1 is 1.32 bits per heavy atom. The van der Waals surface area contributed by atoms with E-state index in [0.717, 1.165) is 0 Å². The van der Waals surface area contributed by atoms with Gasteiger partial charge in [0.1, 0.15) is 11.8 Å². The highest BCUT2D eigenvalue weighted by Gasteiger charge is 2.31. The Labute approximate surface area is 226 Å². The lowest BCUT2D eigenvalue weighted by Crippen LogP contribution is -2.29. The number of benzene rings is 1.